The van der Waals surface area contributed by atoms with Crippen molar-refractivity contribution in [2.75, 3.05) is 11.9 Å². The fourth-order valence-electron chi connectivity index (χ4n) is 2.42. The van der Waals surface area contributed by atoms with Crippen LogP contribution in [-0.4, -0.2) is 23.3 Å². The van der Waals surface area contributed by atoms with Gasteiger partial charge in [-0.3, -0.25) is 9.59 Å². The van der Waals surface area contributed by atoms with Crippen molar-refractivity contribution in [2.24, 2.45) is 5.92 Å². The van der Waals surface area contributed by atoms with Gasteiger partial charge in [-0.05, 0) is 56.2 Å². The lowest BCUT2D eigenvalue weighted by molar-refractivity contribution is -0.117. The minimum atomic E-state index is -0.0258. The number of carbonyl (C=O) groups excluding carboxylic acids is 2. The zero-order chi connectivity index (χ0) is 17.1. The molecule has 0 atom stereocenters. The molecule has 1 aliphatic carbocycles. The van der Waals surface area contributed by atoms with Gasteiger partial charge < -0.3 is 10.2 Å². The smallest absolute Gasteiger partial charge is 0.254 e. The van der Waals surface area contributed by atoms with Crippen LogP contribution in [0.1, 0.15) is 35.0 Å². The number of amides is 2. The van der Waals surface area contributed by atoms with Crippen molar-refractivity contribution in [3.8, 4) is 0 Å². The molecular formula is C18H19ClN2O2S. The Labute approximate surface area is 150 Å². The number of nitrogens with zero attached hydrogens (tertiary/aromatic N) is 1. The standard InChI is InChI=1S/C18H19ClN2O2S/c1-2-21(11-15-9-10-16(19)24-15)18(23)13-5-7-14(8-6-13)20-17(22)12-3-4-12/h5-10,12H,2-4,11H2,1H3,(H,20,22). The van der Waals surface area contributed by atoms with Crippen molar-refractivity contribution >= 4 is 40.4 Å². The highest BCUT2D eigenvalue weighted by atomic mass is 35.5. The number of halogens is 1. The molecule has 1 heterocycles. The predicted molar refractivity (Wildman–Crippen MR) is 97.5 cm³/mol. The number of rotatable bonds is 6. The van der Waals surface area contributed by atoms with Crippen LogP contribution in [0.4, 0.5) is 5.69 Å². The molecule has 2 amide bonds. The van der Waals surface area contributed by atoms with Crippen molar-refractivity contribution in [2.45, 2.75) is 26.3 Å². The molecule has 1 aliphatic rings. The highest BCUT2D eigenvalue weighted by Gasteiger charge is 2.29. The summed E-state index contributed by atoms with van der Waals surface area (Å²) in [7, 11) is 0. The summed E-state index contributed by atoms with van der Waals surface area (Å²) in [6.07, 6.45) is 1.95. The number of nitrogens with one attached hydrogen (secondary N) is 1. The fraction of sp³-hybridized carbons (Fsp3) is 0.333. The van der Waals surface area contributed by atoms with Gasteiger partial charge in [-0.2, -0.15) is 0 Å². The number of thiophene rings is 1. The second kappa shape index (κ2) is 7.36. The van der Waals surface area contributed by atoms with E-state index in [-0.39, 0.29) is 17.7 Å². The van der Waals surface area contributed by atoms with Gasteiger partial charge in [-0.1, -0.05) is 11.6 Å². The predicted octanol–water partition coefficient (Wildman–Crippen LogP) is 4.41. The van der Waals surface area contributed by atoms with Gasteiger partial charge in [0.05, 0.1) is 10.9 Å². The summed E-state index contributed by atoms with van der Waals surface area (Å²) in [6.45, 7) is 3.12. The molecule has 0 saturated heterocycles. The lowest BCUT2D eigenvalue weighted by Gasteiger charge is -2.20. The molecule has 0 aliphatic heterocycles. The second-order valence-electron chi connectivity index (χ2n) is 5.87. The minimum absolute atomic E-state index is 0.0258. The average molecular weight is 363 g/mol. The first-order chi connectivity index (χ1) is 11.6. The molecule has 1 saturated carbocycles. The monoisotopic (exact) mass is 362 g/mol. The maximum atomic E-state index is 12.6. The average Bonchev–Trinajstić information content (AvgIpc) is 3.36. The van der Waals surface area contributed by atoms with E-state index in [1.54, 1.807) is 29.2 Å². The van der Waals surface area contributed by atoms with E-state index in [2.05, 4.69) is 5.32 Å². The highest BCUT2D eigenvalue weighted by Crippen LogP contribution is 2.30. The number of benzene rings is 1. The maximum absolute atomic E-state index is 12.6. The van der Waals surface area contributed by atoms with Crippen LogP contribution in [0, 0.1) is 5.92 Å². The van der Waals surface area contributed by atoms with Gasteiger partial charge >= 0.3 is 0 Å². The van der Waals surface area contributed by atoms with Gasteiger partial charge in [0.15, 0.2) is 0 Å². The van der Waals surface area contributed by atoms with Crippen molar-refractivity contribution < 1.29 is 9.59 Å². The maximum Gasteiger partial charge on any atom is 0.254 e. The van der Waals surface area contributed by atoms with Gasteiger partial charge in [0.25, 0.3) is 5.91 Å². The van der Waals surface area contributed by atoms with Crippen molar-refractivity contribution in [3.05, 3.63) is 51.2 Å². The lowest BCUT2D eigenvalue weighted by atomic mass is 10.1. The molecule has 3 rings (SSSR count). The third-order valence-corrected chi connectivity index (χ3v) is 5.21. The summed E-state index contributed by atoms with van der Waals surface area (Å²) in [5, 5.41) is 2.88. The molecule has 0 unspecified atom stereocenters. The Morgan fingerprint density at radius 2 is 1.92 bits per heavy atom. The third-order valence-electron chi connectivity index (χ3n) is 3.99. The lowest BCUT2D eigenvalue weighted by Crippen LogP contribution is -2.29. The van der Waals surface area contributed by atoms with Gasteiger partial charge in [-0.15, -0.1) is 11.3 Å². The summed E-state index contributed by atoms with van der Waals surface area (Å²) in [5.41, 5.74) is 1.35. The summed E-state index contributed by atoms with van der Waals surface area (Å²) >= 11 is 7.44. The normalized spacial score (nSPS) is 13.6. The van der Waals surface area contributed by atoms with Crippen molar-refractivity contribution in [1.82, 2.24) is 4.90 Å². The van der Waals surface area contributed by atoms with E-state index < -0.39 is 0 Å². The molecule has 1 aromatic carbocycles. The Morgan fingerprint density at radius 1 is 1.21 bits per heavy atom. The summed E-state index contributed by atoms with van der Waals surface area (Å²) in [5.74, 6) is 0.209. The molecule has 1 N–H and O–H groups in total. The third kappa shape index (κ3) is 4.16. The second-order valence-corrected chi connectivity index (χ2v) is 7.67. The van der Waals surface area contributed by atoms with Gasteiger partial charge in [0.1, 0.15) is 0 Å². The Kier molecular flexibility index (Phi) is 5.21. The van der Waals surface area contributed by atoms with Crippen LogP contribution in [0.2, 0.25) is 4.34 Å². The van der Waals surface area contributed by atoms with Crippen LogP contribution in [0.5, 0.6) is 0 Å². The van der Waals surface area contributed by atoms with Crippen LogP contribution < -0.4 is 5.32 Å². The molecular weight excluding hydrogens is 344 g/mol. The molecule has 0 radical (unpaired) electrons. The Balaban J connectivity index is 1.65. The Hall–Kier alpha value is -1.85. The van der Waals surface area contributed by atoms with Crippen LogP contribution in [0.25, 0.3) is 0 Å². The Morgan fingerprint density at radius 3 is 2.46 bits per heavy atom. The van der Waals surface area contributed by atoms with Crippen LogP contribution in [0.15, 0.2) is 36.4 Å². The van der Waals surface area contributed by atoms with Crippen molar-refractivity contribution in [3.63, 3.8) is 0 Å². The van der Waals surface area contributed by atoms with Gasteiger partial charge in [0, 0.05) is 28.6 Å². The topological polar surface area (TPSA) is 49.4 Å². The zero-order valence-electron chi connectivity index (χ0n) is 13.4. The molecule has 0 spiro atoms. The number of anilines is 1. The number of hydrogen-bond donors (Lipinski definition) is 1. The summed E-state index contributed by atoms with van der Waals surface area (Å²) < 4.78 is 0.726. The van der Waals surface area contributed by atoms with E-state index in [1.165, 1.54) is 11.3 Å². The van der Waals surface area contributed by atoms with Crippen LogP contribution in [-0.2, 0) is 11.3 Å². The molecule has 4 nitrogen and oxygen atoms in total. The SMILES string of the molecule is CCN(Cc1ccc(Cl)s1)C(=O)c1ccc(NC(=O)C2CC2)cc1. The quantitative estimate of drug-likeness (QED) is 0.827. The van der Waals surface area contributed by atoms with Gasteiger partial charge in [-0.25, -0.2) is 0 Å². The number of carbonyl (C=O) groups is 2. The molecule has 126 valence electrons. The van der Waals surface area contributed by atoms with E-state index in [9.17, 15) is 9.59 Å². The summed E-state index contributed by atoms with van der Waals surface area (Å²) in [6, 6.07) is 10.9. The fourth-order valence-corrected chi connectivity index (χ4v) is 3.52. The first kappa shape index (κ1) is 17.0. The molecule has 1 fully saturated rings. The van der Waals surface area contributed by atoms with E-state index in [0.717, 1.165) is 27.7 Å². The van der Waals surface area contributed by atoms with E-state index in [4.69, 9.17) is 11.6 Å². The Bertz CT molecular complexity index is 738. The van der Waals surface area contributed by atoms with Crippen LogP contribution in [0.3, 0.4) is 0 Å². The molecule has 6 heteroatoms. The zero-order valence-corrected chi connectivity index (χ0v) is 15.0. The van der Waals surface area contributed by atoms with Crippen molar-refractivity contribution in [1.29, 1.82) is 0 Å². The molecule has 1 aromatic heterocycles. The highest BCUT2D eigenvalue weighted by molar-refractivity contribution is 7.16. The van der Waals surface area contributed by atoms with Gasteiger partial charge in [0.2, 0.25) is 5.91 Å². The largest absolute Gasteiger partial charge is 0.334 e. The minimum Gasteiger partial charge on any atom is -0.334 e. The first-order valence-electron chi connectivity index (χ1n) is 8.01. The number of hydrogen-bond acceptors (Lipinski definition) is 3. The molecule has 2 aromatic rings. The summed E-state index contributed by atoms with van der Waals surface area (Å²) in [4.78, 5) is 27.2. The van der Waals surface area contributed by atoms with E-state index in [0.29, 0.717) is 18.7 Å². The molecule has 0 bridgehead atoms. The van der Waals surface area contributed by atoms with E-state index in [1.807, 2.05) is 19.1 Å². The van der Waals surface area contributed by atoms with E-state index >= 15 is 0 Å². The first-order valence-corrected chi connectivity index (χ1v) is 9.20. The molecule has 24 heavy (non-hydrogen) atoms. The van der Waals surface area contributed by atoms with Crippen LogP contribution >= 0.6 is 22.9 Å².